The second-order valence-electron chi connectivity index (χ2n) is 6.81. The summed E-state index contributed by atoms with van der Waals surface area (Å²) in [6.45, 7) is 13.1. The molecule has 18 heavy (non-hydrogen) atoms. The molecule has 0 aromatic heterocycles. The lowest BCUT2D eigenvalue weighted by Crippen LogP contribution is -2.60. The Bertz CT molecular complexity index is 254. The van der Waals surface area contributed by atoms with Gasteiger partial charge >= 0.3 is 0 Å². The Morgan fingerprint density at radius 3 is 2.56 bits per heavy atom. The van der Waals surface area contributed by atoms with Gasteiger partial charge in [-0.1, -0.05) is 13.8 Å². The van der Waals surface area contributed by atoms with Crippen LogP contribution in [0.15, 0.2) is 0 Å². The zero-order valence-electron chi connectivity index (χ0n) is 12.7. The fraction of sp³-hybridized carbons (Fsp3) is 1.00. The van der Waals surface area contributed by atoms with E-state index < -0.39 is 0 Å². The molecule has 3 heteroatoms. The molecule has 2 aliphatic rings. The van der Waals surface area contributed by atoms with Gasteiger partial charge in [0, 0.05) is 31.7 Å². The monoisotopic (exact) mass is 253 g/mol. The first-order valence-corrected chi connectivity index (χ1v) is 7.73. The van der Waals surface area contributed by atoms with E-state index in [-0.39, 0.29) is 0 Å². The molecule has 3 atom stereocenters. The minimum atomic E-state index is 0.738. The second kappa shape index (κ2) is 6.36. The molecular weight excluding hydrogens is 222 g/mol. The van der Waals surface area contributed by atoms with E-state index >= 15 is 0 Å². The maximum Gasteiger partial charge on any atom is 0.0198 e. The van der Waals surface area contributed by atoms with Gasteiger partial charge in [-0.15, -0.1) is 0 Å². The minimum Gasteiger partial charge on any atom is -0.316 e. The maximum atomic E-state index is 3.64. The highest BCUT2D eigenvalue weighted by atomic mass is 15.3. The smallest absolute Gasteiger partial charge is 0.0198 e. The lowest BCUT2D eigenvalue weighted by atomic mass is 9.77. The van der Waals surface area contributed by atoms with Crippen molar-refractivity contribution in [2.24, 2.45) is 11.8 Å². The van der Waals surface area contributed by atoms with E-state index in [0.717, 1.165) is 23.9 Å². The zero-order valence-corrected chi connectivity index (χ0v) is 12.7. The Balaban J connectivity index is 1.75. The Morgan fingerprint density at radius 2 is 2.00 bits per heavy atom. The molecular formula is C15H31N3. The quantitative estimate of drug-likeness (QED) is 0.804. The van der Waals surface area contributed by atoms with Crippen molar-refractivity contribution >= 4 is 0 Å². The fourth-order valence-electron chi connectivity index (χ4n) is 3.43. The summed E-state index contributed by atoms with van der Waals surface area (Å²) in [6, 6.07) is 1.59. The lowest BCUT2D eigenvalue weighted by Gasteiger charge is -2.50. The summed E-state index contributed by atoms with van der Waals surface area (Å²) in [6.07, 6.45) is 2.84. The van der Waals surface area contributed by atoms with Gasteiger partial charge in [-0.25, -0.2) is 0 Å². The number of hydrogen-bond acceptors (Lipinski definition) is 3. The van der Waals surface area contributed by atoms with Crippen molar-refractivity contribution in [3.63, 3.8) is 0 Å². The predicted octanol–water partition coefficient (Wildman–Crippen LogP) is 1.65. The van der Waals surface area contributed by atoms with E-state index in [0.29, 0.717) is 0 Å². The third kappa shape index (κ3) is 3.46. The van der Waals surface area contributed by atoms with Crippen LogP contribution >= 0.6 is 0 Å². The third-order valence-electron chi connectivity index (χ3n) is 4.64. The van der Waals surface area contributed by atoms with Gasteiger partial charge in [0.2, 0.25) is 0 Å². The molecule has 106 valence electrons. The van der Waals surface area contributed by atoms with Crippen LogP contribution < -0.4 is 5.32 Å². The summed E-state index contributed by atoms with van der Waals surface area (Å²) in [4.78, 5) is 5.23. The molecule has 3 nitrogen and oxygen atoms in total. The van der Waals surface area contributed by atoms with Crippen molar-refractivity contribution in [2.45, 2.75) is 45.7 Å². The highest BCUT2D eigenvalue weighted by Gasteiger charge is 2.38. The van der Waals surface area contributed by atoms with E-state index in [9.17, 15) is 0 Å². The summed E-state index contributed by atoms with van der Waals surface area (Å²) >= 11 is 0. The van der Waals surface area contributed by atoms with Gasteiger partial charge < -0.3 is 10.2 Å². The molecule has 0 amide bonds. The number of nitrogens with zero attached hydrogens (tertiary/aromatic N) is 2. The Morgan fingerprint density at radius 1 is 1.22 bits per heavy atom. The summed E-state index contributed by atoms with van der Waals surface area (Å²) in [5, 5.41) is 3.64. The Labute approximate surface area is 113 Å². The molecule has 3 unspecified atom stereocenters. The Kier molecular flexibility index (Phi) is 5.05. The van der Waals surface area contributed by atoms with E-state index in [1.165, 1.54) is 45.6 Å². The molecule has 0 aromatic carbocycles. The van der Waals surface area contributed by atoms with Gasteiger partial charge in [0.15, 0.2) is 0 Å². The van der Waals surface area contributed by atoms with Gasteiger partial charge in [0.25, 0.3) is 0 Å². The van der Waals surface area contributed by atoms with Gasteiger partial charge in [0.1, 0.15) is 0 Å². The van der Waals surface area contributed by atoms with Crippen molar-refractivity contribution in [3.8, 4) is 0 Å². The van der Waals surface area contributed by atoms with Gasteiger partial charge in [0.05, 0.1) is 0 Å². The summed E-state index contributed by atoms with van der Waals surface area (Å²) in [7, 11) is 2.25. The van der Waals surface area contributed by atoms with Crippen molar-refractivity contribution in [3.05, 3.63) is 0 Å². The summed E-state index contributed by atoms with van der Waals surface area (Å²) in [5.41, 5.74) is 0. The van der Waals surface area contributed by atoms with Crippen LogP contribution in [0.5, 0.6) is 0 Å². The predicted molar refractivity (Wildman–Crippen MR) is 77.9 cm³/mol. The number of likely N-dealkylation sites (N-methyl/N-ethyl adjacent to an activating group) is 1. The molecule has 2 rings (SSSR count). The first-order valence-electron chi connectivity index (χ1n) is 7.73. The van der Waals surface area contributed by atoms with E-state index in [1.54, 1.807) is 0 Å². The first-order chi connectivity index (χ1) is 8.58. The molecule has 0 aromatic rings. The SMILES string of the molecule is CC(C)CNCC1CCC1N1CCN(C)CC1C. The Hall–Kier alpha value is -0.120. The standard InChI is InChI=1S/C15H31N3/c1-12(2)9-16-10-14-5-6-15(14)18-8-7-17(4)11-13(18)3/h12-16H,5-11H2,1-4H3. The normalized spacial score (nSPS) is 34.8. The number of hydrogen-bond donors (Lipinski definition) is 1. The fourth-order valence-corrected chi connectivity index (χ4v) is 3.43. The molecule has 1 aliphatic carbocycles. The number of nitrogens with one attached hydrogen (secondary N) is 1. The molecule has 0 radical (unpaired) electrons. The van der Waals surface area contributed by atoms with Gasteiger partial charge in [-0.2, -0.15) is 0 Å². The highest BCUT2D eigenvalue weighted by Crippen LogP contribution is 2.33. The topological polar surface area (TPSA) is 18.5 Å². The van der Waals surface area contributed by atoms with Crippen LogP contribution in [0, 0.1) is 11.8 Å². The largest absolute Gasteiger partial charge is 0.316 e. The van der Waals surface area contributed by atoms with E-state index in [2.05, 4.69) is 42.9 Å². The summed E-state index contributed by atoms with van der Waals surface area (Å²) < 4.78 is 0. The first kappa shape index (κ1) is 14.3. The molecule has 1 saturated carbocycles. The van der Waals surface area contributed by atoms with Gasteiger partial charge in [-0.05, 0) is 51.7 Å². The van der Waals surface area contributed by atoms with Crippen molar-refractivity contribution < 1.29 is 0 Å². The van der Waals surface area contributed by atoms with Crippen molar-refractivity contribution in [1.82, 2.24) is 15.1 Å². The van der Waals surface area contributed by atoms with Crippen LogP contribution in [0.25, 0.3) is 0 Å². The molecule has 2 fully saturated rings. The molecule has 0 spiro atoms. The van der Waals surface area contributed by atoms with Crippen molar-refractivity contribution in [2.75, 3.05) is 39.8 Å². The summed E-state index contributed by atoms with van der Waals surface area (Å²) in [5.74, 6) is 1.67. The maximum absolute atomic E-state index is 3.64. The number of rotatable bonds is 5. The molecule has 0 bridgehead atoms. The third-order valence-corrected chi connectivity index (χ3v) is 4.64. The molecule has 1 aliphatic heterocycles. The van der Waals surface area contributed by atoms with Gasteiger partial charge in [-0.3, -0.25) is 4.90 Å². The van der Waals surface area contributed by atoms with E-state index in [1.807, 2.05) is 0 Å². The average Bonchev–Trinajstić information content (AvgIpc) is 2.26. The number of piperazine rings is 1. The van der Waals surface area contributed by atoms with E-state index in [4.69, 9.17) is 0 Å². The lowest BCUT2D eigenvalue weighted by molar-refractivity contribution is -0.00715. The molecule has 1 heterocycles. The molecule has 1 N–H and O–H groups in total. The van der Waals surface area contributed by atoms with Crippen LogP contribution in [0.4, 0.5) is 0 Å². The van der Waals surface area contributed by atoms with Crippen LogP contribution in [-0.2, 0) is 0 Å². The highest BCUT2D eigenvalue weighted by molar-refractivity contribution is 4.94. The van der Waals surface area contributed by atoms with Crippen molar-refractivity contribution in [1.29, 1.82) is 0 Å². The minimum absolute atomic E-state index is 0.738. The van der Waals surface area contributed by atoms with Crippen LogP contribution in [0.2, 0.25) is 0 Å². The van der Waals surface area contributed by atoms with Crippen LogP contribution in [-0.4, -0.2) is 61.7 Å². The molecule has 1 saturated heterocycles. The van der Waals surface area contributed by atoms with Crippen LogP contribution in [0.3, 0.4) is 0 Å². The second-order valence-corrected chi connectivity index (χ2v) is 6.81. The average molecular weight is 253 g/mol. The van der Waals surface area contributed by atoms with Crippen LogP contribution in [0.1, 0.15) is 33.6 Å². The zero-order chi connectivity index (χ0) is 13.1.